The number of halogens is 3. The van der Waals surface area contributed by atoms with E-state index in [1.54, 1.807) is 23.1 Å². The van der Waals surface area contributed by atoms with Gasteiger partial charge in [-0.3, -0.25) is 4.79 Å². The minimum atomic E-state index is -3.57. The van der Waals surface area contributed by atoms with Gasteiger partial charge in [0, 0.05) is 46.2 Å². The van der Waals surface area contributed by atoms with E-state index < -0.39 is 9.05 Å². The molecular formula is C13H14Cl3NO3S. The molecule has 21 heavy (non-hydrogen) atoms. The molecule has 0 saturated carbocycles. The Morgan fingerprint density at radius 1 is 1.19 bits per heavy atom. The van der Waals surface area contributed by atoms with Crippen LogP contribution in [0.1, 0.15) is 12.0 Å². The Hall–Kier alpha value is -0.490. The topological polar surface area (TPSA) is 54.5 Å². The number of benzene rings is 1. The Balaban J connectivity index is 1.93. The van der Waals surface area contributed by atoms with Gasteiger partial charge < -0.3 is 4.90 Å². The Morgan fingerprint density at radius 3 is 2.38 bits per heavy atom. The number of likely N-dealkylation sites (tertiary alicyclic amines) is 1. The minimum absolute atomic E-state index is 0.0477. The molecule has 1 saturated heterocycles. The lowest BCUT2D eigenvalue weighted by Crippen LogP contribution is -2.28. The van der Waals surface area contributed by atoms with E-state index in [-0.39, 0.29) is 24.0 Å². The van der Waals surface area contributed by atoms with Gasteiger partial charge in [0.05, 0.1) is 5.75 Å². The van der Waals surface area contributed by atoms with Gasteiger partial charge in [-0.15, -0.1) is 0 Å². The van der Waals surface area contributed by atoms with Crippen LogP contribution in [0.5, 0.6) is 0 Å². The number of amides is 1. The van der Waals surface area contributed by atoms with Crippen molar-refractivity contribution < 1.29 is 13.2 Å². The van der Waals surface area contributed by atoms with Crippen LogP contribution >= 0.6 is 33.9 Å². The molecule has 1 amide bonds. The largest absolute Gasteiger partial charge is 0.342 e. The third-order valence-electron chi connectivity index (χ3n) is 3.32. The van der Waals surface area contributed by atoms with E-state index in [1.165, 1.54) is 0 Å². The zero-order chi connectivity index (χ0) is 15.6. The predicted molar refractivity (Wildman–Crippen MR) is 84.5 cm³/mol. The Labute approximate surface area is 138 Å². The van der Waals surface area contributed by atoms with Crippen LogP contribution in [0, 0.1) is 5.92 Å². The molecule has 1 aliphatic heterocycles. The van der Waals surface area contributed by atoms with Crippen molar-refractivity contribution in [3.05, 3.63) is 33.8 Å². The normalized spacial score (nSPS) is 19.3. The van der Waals surface area contributed by atoms with E-state index in [9.17, 15) is 13.2 Å². The summed E-state index contributed by atoms with van der Waals surface area (Å²) in [6, 6.07) is 5.25. The molecule has 116 valence electrons. The third-order valence-corrected chi connectivity index (χ3v) is 5.01. The predicted octanol–water partition coefficient (Wildman–Crippen LogP) is 2.95. The average Bonchev–Trinajstić information content (AvgIpc) is 2.63. The Morgan fingerprint density at radius 2 is 1.81 bits per heavy atom. The monoisotopic (exact) mass is 369 g/mol. The number of hydrogen-bond acceptors (Lipinski definition) is 3. The summed E-state index contributed by atoms with van der Waals surface area (Å²) in [7, 11) is 1.66. The van der Waals surface area contributed by atoms with Gasteiger partial charge in [0.1, 0.15) is 0 Å². The summed E-state index contributed by atoms with van der Waals surface area (Å²) < 4.78 is 22.1. The van der Waals surface area contributed by atoms with Gasteiger partial charge in [0.2, 0.25) is 15.0 Å². The molecule has 0 bridgehead atoms. The first-order valence-corrected chi connectivity index (χ1v) is 9.61. The van der Waals surface area contributed by atoms with Crippen molar-refractivity contribution in [3.63, 3.8) is 0 Å². The molecule has 1 aromatic carbocycles. The van der Waals surface area contributed by atoms with Gasteiger partial charge in [-0.1, -0.05) is 23.2 Å². The molecular weight excluding hydrogens is 357 g/mol. The molecule has 1 atom stereocenters. The van der Waals surface area contributed by atoms with E-state index in [1.807, 2.05) is 0 Å². The third kappa shape index (κ3) is 5.33. The lowest BCUT2D eigenvalue weighted by molar-refractivity contribution is -0.127. The molecule has 2 rings (SSSR count). The Kier molecular flexibility index (Phi) is 5.41. The Bertz CT molecular complexity index is 628. The van der Waals surface area contributed by atoms with Crippen LogP contribution in [0.25, 0.3) is 0 Å². The van der Waals surface area contributed by atoms with Crippen LogP contribution < -0.4 is 0 Å². The van der Waals surface area contributed by atoms with Gasteiger partial charge in [-0.2, -0.15) is 0 Å². The second kappa shape index (κ2) is 6.73. The lowest BCUT2D eigenvalue weighted by Gasteiger charge is -2.16. The van der Waals surface area contributed by atoms with Gasteiger partial charge in [0.15, 0.2) is 0 Å². The maximum Gasteiger partial charge on any atom is 0.232 e. The summed E-state index contributed by atoms with van der Waals surface area (Å²) in [4.78, 5) is 13.5. The molecule has 0 spiro atoms. The van der Waals surface area contributed by atoms with Gasteiger partial charge in [-0.05, 0) is 30.2 Å². The van der Waals surface area contributed by atoms with Crippen molar-refractivity contribution in [1.82, 2.24) is 4.90 Å². The van der Waals surface area contributed by atoms with Crippen LogP contribution in [0.15, 0.2) is 18.2 Å². The SMILES string of the molecule is O=C1CC(CS(=O)(=O)Cl)CN1CCc1cc(Cl)cc(Cl)c1. The van der Waals surface area contributed by atoms with Gasteiger partial charge >= 0.3 is 0 Å². The number of hydrogen-bond donors (Lipinski definition) is 0. The molecule has 0 aromatic heterocycles. The smallest absolute Gasteiger partial charge is 0.232 e. The quantitative estimate of drug-likeness (QED) is 0.749. The highest BCUT2D eigenvalue weighted by atomic mass is 35.7. The highest BCUT2D eigenvalue weighted by Crippen LogP contribution is 2.23. The van der Waals surface area contributed by atoms with E-state index in [4.69, 9.17) is 33.9 Å². The van der Waals surface area contributed by atoms with Gasteiger partial charge in [-0.25, -0.2) is 8.42 Å². The summed E-state index contributed by atoms with van der Waals surface area (Å²) in [6.07, 6.45) is 0.842. The summed E-state index contributed by atoms with van der Waals surface area (Å²) in [5, 5.41) is 1.10. The summed E-state index contributed by atoms with van der Waals surface area (Å²) in [6.45, 7) is 0.924. The van der Waals surface area contributed by atoms with Crippen molar-refractivity contribution in [2.75, 3.05) is 18.8 Å². The molecule has 1 heterocycles. The standard InChI is InChI=1S/C13H14Cl3NO3S/c14-11-3-9(4-12(15)6-11)1-2-17-7-10(5-13(17)18)8-21(16,19)20/h3-4,6,10H,1-2,5,7-8H2. The number of rotatable bonds is 5. The van der Waals surface area contributed by atoms with Crippen LogP contribution in [-0.2, 0) is 20.3 Å². The molecule has 0 radical (unpaired) electrons. The van der Waals surface area contributed by atoms with Crippen molar-refractivity contribution in [2.45, 2.75) is 12.8 Å². The van der Waals surface area contributed by atoms with Gasteiger partial charge in [0.25, 0.3) is 0 Å². The van der Waals surface area contributed by atoms with Crippen molar-refractivity contribution in [2.24, 2.45) is 5.92 Å². The maximum atomic E-state index is 11.9. The van der Waals surface area contributed by atoms with E-state index in [2.05, 4.69) is 0 Å². The number of carbonyl (C=O) groups excluding carboxylic acids is 1. The zero-order valence-electron chi connectivity index (χ0n) is 11.1. The molecule has 0 aliphatic carbocycles. The molecule has 1 unspecified atom stereocenters. The maximum absolute atomic E-state index is 11.9. The fraction of sp³-hybridized carbons (Fsp3) is 0.462. The second-order valence-electron chi connectivity index (χ2n) is 5.14. The first-order valence-electron chi connectivity index (χ1n) is 6.38. The molecule has 1 aliphatic rings. The highest BCUT2D eigenvalue weighted by Gasteiger charge is 2.31. The van der Waals surface area contributed by atoms with Crippen LogP contribution in [0.2, 0.25) is 10.0 Å². The average molecular weight is 371 g/mol. The molecule has 4 nitrogen and oxygen atoms in total. The molecule has 1 aromatic rings. The fourth-order valence-corrected chi connectivity index (χ4v) is 4.37. The van der Waals surface area contributed by atoms with E-state index in [0.717, 1.165) is 5.56 Å². The second-order valence-corrected chi connectivity index (χ2v) is 8.84. The minimum Gasteiger partial charge on any atom is -0.342 e. The first-order chi connectivity index (χ1) is 9.73. The zero-order valence-corrected chi connectivity index (χ0v) is 14.1. The number of carbonyl (C=O) groups is 1. The summed E-state index contributed by atoms with van der Waals surface area (Å²) in [5.74, 6) is -0.448. The lowest BCUT2D eigenvalue weighted by atomic mass is 10.1. The van der Waals surface area contributed by atoms with Crippen LogP contribution in [-0.4, -0.2) is 38.1 Å². The van der Waals surface area contributed by atoms with E-state index in [0.29, 0.717) is 29.6 Å². The summed E-state index contributed by atoms with van der Waals surface area (Å²) >= 11 is 11.8. The highest BCUT2D eigenvalue weighted by molar-refractivity contribution is 8.13. The van der Waals surface area contributed by atoms with E-state index >= 15 is 0 Å². The van der Waals surface area contributed by atoms with Crippen molar-refractivity contribution in [1.29, 1.82) is 0 Å². The fourth-order valence-electron chi connectivity index (χ4n) is 2.48. The first kappa shape index (κ1) is 16.9. The van der Waals surface area contributed by atoms with Crippen LogP contribution in [0.3, 0.4) is 0 Å². The van der Waals surface area contributed by atoms with Crippen molar-refractivity contribution >= 4 is 48.8 Å². The molecule has 8 heteroatoms. The molecule has 0 N–H and O–H groups in total. The van der Waals surface area contributed by atoms with Crippen molar-refractivity contribution in [3.8, 4) is 0 Å². The number of nitrogens with zero attached hydrogens (tertiary/aromatic N) is 1. The molecule has 1 fully saturated rings. The summed E-state index contributed by atoms with van der Waals surface area (Å²) in [5.41, 5.74) is 0.939. The van der Waals surface area contributed by atoms with Crippen LogP contribution in [0.4, 0.5) is 0 Å².